The molecule has 0 aliphatic carbocycles. The first-order chi connectivity index (χ1) is 16.0. The molecule has 0 saturated carbocycles. The van der Waals surface area contributed by atoms with Gasteiger partial charge in [0.05, 0.1) is 0 Å². The summed E-state index contributed by atoms with van der Waals surface area (Å²) in [6.07, 6.45) is 0.239. The number of hydrogen-bond acceptors (Lipinski definition) is 4. The number of nitrogens with zero attached hydrogens (tertiary/aromatic N) is 1. The van der Waals surface area contributed by atoms with Crippen molar-refractivity contribution in [2.45, 2.75) is 12.5 Å². The van der Waals surface area contributed by atoms with Crippen LogP contribution < -0.4 is 15.2 Å². The molecule has 4 aromatic rings. The number of aromatic nitrogens is 1. The van der Waals surface area contributed by atoms with Crippen LogP contribution in [0.2, 0.25) is 10.0 Å². The molecule has 3 N–H and O–H groups in total. The van der Waals surface area contributed by atoms with Crippen molar-refractivity contribution in [1.29, 1.82) is 0 Å². The Balaban J connectivity index is 1.56. The summed E-state index contributed by atoms with van der Waals surface area (Å²) in [4.78, 5) is 18.5. The molecule has 0 bridgehead atoms. The first kappa shape index (κ1) is 21.6. The first-order valence-electron chi connectivity index (χ1n) is 10.5. The lowest BCUT2D eigenvalue weighted by atomic mass is 9.92. The zero-order valence-electron chi connectivity index (χ0n) is 17.6. The summed E-state index contributed by atoms with van der Waals surface area (Å²) in [6, 6.07) is 19.7. The number of benzene rings is 3. The molecule has 0 saturated heterocycles. The summed E-state index contributed by atoms with van der Waals surface area (Å²) < 4.78 is 11.1. The highest BCUT2D eigenvalue weighted by atomic mass is 35.5. The van der Waals surface area contributed by atoms with Crippen LogP contribution in [0.3, 0.4) is 0 Å². The Morgan fingerprint density at radius 2 is 1.70 bits per heavy atom. The van der Waals surface area contributed by atoms with Crippen LogP contribution in [0.5, 0.6) is 11.5 Å². The fourth-order valence-corrected chi connectivity index (χ4v) is 4.61. The SMILES string of the molecule is NCOc1ccc(C2c3[nH]c4ccc(Cl)cc4c3CCN2C(=O)Oc2ccc(Cl)cc2)cc1. The molecule has 33 heavy (non-hydrogen) atoms. The topological polar surface area (TPSA) is 80.6 Å². The number of carbonyl (C=O) groups is 1. The van der Waals surface area contributed by atoms with Gasteiger partial charge in [0.1, 0.15) is 24.3 Å². The normalized spacial score (nSPS) is 15.4. The maximum absolute atomic E-state index is 13.3. The van der Waals surface area contributed by atoms with E-state index in [0.717, 1.165) is 27.7 Å². The third kappa shape index (κ3) is 4.25. The number of aromatic amines is 1. The predicted octanol–water partition coefficient (Wildman–Crippen LogP) is 5.92. The molecule has 2 heterocycles. The second kappa shape index (κ2) is 8.98. The van der Waals surface area contributed by atoms with Gasteiger partial charge in [-0.3, -0.25) is 10.6 Å². The van der Waals surface area contributed by atoms with E-state index < -0.39 is 6.09 Å². The van der Waals surface area contributed by atoms with Gasteiger partial charge in [0, 0.05) is 33.2 Å². The van der Waals surface area contributed by atoms with E-state index in [2.05, 4.69) is 4.98 Å². The Labute approximate surface area is 200 Å². The van der Waals surface area contributed by atoms with Gasteiger partial charge < -0.3 is 14.5 Å². The summed E-state index contributed by atoms with van der Waals surface area (Å²) in [6.45, 7) is 0.583. The Morgan fingerprint density at radius 3 is 2.42 bits per heavy atom. The molecule has 1 aromatic heterocycles. The van der Waals surface area contributed by atoms with Crippen LogP contribution in [-0.4, -0.2) is 29.3 Å². The minimum Gasteiger partial charge on any atom is -0.479 e. The number of rotatable bonds is 4. The van der Waals surface area contributed by atoms with Gasteiger partial charge in [0.25, 0.3) is 0 Å². The molecule has 6 nitrogen and oxygen atoms in total. The maximum Gasteiger partial charge on any atom is 0.416 e. The standard InChI is InChI=1S/C25H21Cl2N3O3/c26-16-3-8-19(9-4-16)33-25(31)30-12-11-20-21-13-17(27)5-10-22(21)29-23(20)24(30)15-1-6-18(7-2-15)32-14-28/h1-10,13,24,29H,11-12,14,28H2. The molecule has 1 aliphatic heterocycles. The van der Waals surface area contributed by atoms with Gasteiger partial charge in [-0.1, -0.05) is 35.3 Å². The largest absolute Gasteiger partial charge is 0.479 e. The quantitative estimate of drug-likeness (QED) is 0.354. The summed E-state index contributed by atoms with van der Waals surface area (Å²) >= 11 is 12.2. The fraction of sp³-hybridized carbons (Fsp3) is 0.160. The predicted molar refractivity (Wildman–Crippen MR) is 129 cm³/mol. The monoisotopic (exact) mass is 481 g/mol. The first-order valence-corrected chi connectivity index (χ1v) is 11.3. The van der Waals surface area contributed by atoms with Crippen LogP contribution in [0, 0.1) is 0 Å². The molecule has 8 heteroatoms. The Kier molecular flexibility index (Phi) is 5.89. The molecule has 5 rings (SSSR count). The van der Waals surface area contributed by atoms with Gasteiger partial charge in [-0.15, -0.1) is 0 Å². The summed E-state index contributed by atoms with van der Waals surface area (Å²) in [5.74, 6) is 1.10. The lowest BCUT2D eigenvalue weighted by Crippen LogP contribution is -2.42. The molecule has 168 valence electrons. The Morgan fingerprint density at radius 1 is 1.00 bits per heavy atom. The van der Waals surface area contributed by atoms with E-state index in [1.807, 2.05) is 42.5 Å². The highest BCUT2D eigenvalue weighted by Crippen LogP contribution is 2.40. The van der Waals surface area contributed by atoms with Gasteiger partial charge in [-0.2, -0.15) is 0 Å². The van der Waals surface area contributed by atoms with Crippen molar-refractivity contribution in [3.05, 3.63) is 93.6 Å². The average Bonchev–Trinajstić information content (AvgIpc) is 3.18. The number of nitrogens with one attached hydrogen (secondary N) is 1. The number of amides is 1. The van der Waals surface area contributed by atoms with Crippen molar-refractivity contribution in [2.75, 3.05) is 13.3 Å². The lowest BCUT2D eigenvalue weighted by molar-refractivity contribution is 0.135. The van der Waals surface area contributed by atoms with Gasteiger partial charge in [-0.25, -0.2) is 4.79 Å². The van der Waals surface area contributed by atoms with Gasteiger partial charge in [0.2, 0.25) is 0 Å². The molecule has 0 spiro atoms. The van der Waals surface area contributed by atoms with Crippen LogP contribution in [0.4, 0.5) is 4.79 Å². The third-order valence-corrected chi connectivity index (χ3v) is 6.28. The molecule has 1 aliphatic rings. The molecular formula is C25H21Cl2N3O3. The smallest absolute Gasteiger partial charge is 0.416 e. The van der Waals surface area contributed by atoms with Crippen LogP contribution in [0.1, 0.15) is 22.9 Å². The van der Waals surface area contributed by atoms with Crippen LogP contribution in [0.25, 0.3) is 10.9 Å². The van der Waals surface area contributed by atoms with Crippen molar-refractivity contribution in [3.63, 3.8) is 0 Å². The number of carbonyl (C=O) groups excluding carboxylic acids is 1. The zero-order chi connectivity index (χ0) is 22.9. The van der Waals surface area contributed by atoms with E-state index in [1.165, 1.54) is 0 Å². The highest BCUT2D eigenvalue weighted by molar-refractivity contribution is 6.31. The number of ether oxygens (including phenoxy) is 2. The van der Waals surface area contributed by atoms with Gasteiger partial charge in [-0.05, 0) is 72.1 Å². The molecule has 1 unspecified atom stereocenters. The summed E-state index contributed by atoms with van der Waals surface area (Å²) in [5, 5.41) is 2.32. The molecule has 0 fully saturated rings. The van der Waals surface area contributed by atoms with E-state index in [0.29, 0.717) is 34.5 Å². The highest BCUT2D eigenvalue weighted by Gasteiger charge is 2.35. The number of fused-ring (bicyclic) bond motifs is 3. The second-order valence-corrected chi connectivity index (χ2v) is 8.63. The lowest BCUT2D eigenvalue weighted by Gasteiger charge is -2.35. The van der Waals surface area contributed by atoms with E-state index in [4.69, 9.17) is 38.4 Å². The van der Waals surface area contributed by atoms with Crippen molar-refractivity contribution >= 4 is 40.2 Å². The molecule has 0 radical (unpaired) electrons. The van der Waals surface area contributed by atoms with Gasteiger partial charge >= 0.3 is 6.09 Å². The van der Waals surface area contributed by atoms with E-state index in [1.54, 1.807) is 29.2 Å². The summed E-state index contributed by atoms with van der Waals surface area (Å²) in [7, 11) is 0. The van der Waals surface area contributed by atoms with Crippen LogP contribution >= 0.6 is 23.2 Å². The van der Waals surface area contributed by atoms with Crippen LogP contribution in [-0.2, 0) is 6.42 Å². The third-order valence-electron chi connectivity index (χ3n) is 5.79. The van der Waals surface area contributed by atoms with Crippen molar-refractivity contribution in [1.82, 2.24) is 9.88 Å². The Hall–Kier alpha value is -3.19. The maximum atomic E-state index is 13.3. The number of hydrogen-bond donors (Lipinski definition) is 2. The van der Waals surface area contributed by atoms with E-state index >= 15 is 0 Å². The minimum absolute atomic E-state index is 0.0925. The van der Waals surface area contributed by atoms with Crippen molar-refractivity contribution in [3.8, 4) is 11.5 Å². The Bertz CT molecular complexity index is 1300. The van der Waals surface area contributed by atoms with Crippen molar-refractivity contribution in [2.24, 2.45) is 5.73 Å². The molecule has 1 atom stereocenters. The minimum atomic E-state index is -0.438. The fourth-order valence-electron chi connectivity index (χ4n) is 4.31. The molecule has 3 aromatic carbocycles. The number of H-pyrrole nitrogens is 1. The summed E-state index contributed by atoms with van der Waals surface area (Å²) in [5.41, 5.74) is 9.48. The number of halogens is 2. The van der Waals surface area contributed by atoms with Crippen molar-refractivity contribution < 1.29 is 14.3 Å². The zero-order valence-corrected chi connectivity index (χ0v) is 19.1. The molecular weight excluding hydrogens is 461 g/mol. The van der Waals surface area contributed by atoms with E-state index in [9.17, 15) is 4.79 Å². The second-order valence-electron chi connectivity index (χ2n) is 7.75. The van der Waals surface area contributed by atoms with E-state index in [-0.39, 0.29) is 12.8 Å². The van der Waals surface area contributed by atoms with Crippen LogP contribution in [0.15, 0.2) is 66.7 Å². The average molecular weight is 482 g/mol. The molecule has 1 amide bonds. The van der Waals surface area contributed by atoms with Gasteiger partial charge in [0.15, 0.2) is 0 Å². The number of nitrogens with two attached hydrogens (primary N) is 1.